The van der Waals surface area contributed by atoms with Crippen LogP contribution < -0.4 is 11.1 Å². The fraction of sp³-hybridized carbons (Fsp3) is 0.417. The molecule has 1 unspecified atom stereocenters. The van der Waals surface area contributed by atoms with Gasteiger partial charge in [-0.2, -0.15) is 0 Å². The molecule has 0 saturated heterocycles. The summed E-state index contributed by atoms with van der Waals surface area (Å²) >= 11 is 0. The van der Waals surface area contributed by atoms with Gasteiger partial charge in [-0.1, -0.05) is 12.1 Å². The summed E-state index contributed by atoms with van der Waals surface area (Å²) in [6, 6.07) is 6.68. The van der Waals surface area contributed by atoms with Crippen molar-refractivity contribution in [3.8, 4) is 5.75 Å². The molecule has 0 aromatic heterocycles. The molecule has 4 N–H and O–H groups in total. The van der Waals surface area contributed by atoms with Crippen molar-refractivity contribution in [1.29, 1.82) is 0 Å². The molecule has 1 amide bonds. The van der Waals surface area contributed by atoms with Crippen molar-refractivity contribution in [3.63, 3.8) is 0 Å². The van der Waals surface area contributed by atoms with Crippen LogP contribution >= 0.6 is 0 Å². The van der Waals surface area contributed by atoms with Crippen LogP contribution in [0.25, 0.3) is 0 Å². The van der Waals surface area contributed by atoms with Gasteiger partial charge in [-0.15, -0.1) is 0 Å². The average molecular weight is 238 g/mol. The molecule has 0 fully saturated rings. The first-order chi connectivity index (χ1) is 8.15. The Morgan fingerprint density at radius 3 is 2.65 bits per heavy atom. The van der Waals surface area contributed by atoms with Crippen molar-refractivity contribution >= 4 is 5.91 Å². The Balaban J connectivity index is 2.35. The van der Waals surface area contributed by atoms with E-state index < -0.39 is 0 Å². The number of aromatic hydroxyl groups is 1. The zero-order valence-corrected chi connectivity index (χ0v) is 9.85. The number of nitrogens with two attached hydrogens (primary N) is 1. The maximum absolute atomic E-state index is 11.5. The van der Waals surface area contributed by atoms with Crippen LogP contribution in [-0.4, -0.2) is 30.8 Å². The quantitative estimate of drug-likeness (QED) is 0.668. The average Bonchev–Trinajstić information content (AvgIpc) is 2.35. The number of hydrogen-bond acceptors (Lipinski definition) is 4. The highest BCUT2D eigenvalue weighted by Crippen LogP contribution is 2.09. The smallest absolute Gasteiger partial charge is 0.222 e. The standard InChI is InChI=1S/C12H18N2O3/c1-17-11(7-13)6-12(16)14-8-9-2-4-10(15)5-3-9/h2-5,11,15H,6-8,13H2,1H3,(H,14,16). The third-order valence-electron chi connectivity index (χ3n) is 2.44. The maximum Gasteiger partial charge on any atom is 0.222 e. The first-order valence-corrected chi connectivity index (χ1v) is 5.43. The predicted octanol–water partition coefficient (Wildman–Crippen LogP) is 0.372. The number of phenolic OH excluding ortho intramolecular Hbond substituents is 1. The second-order valence-electron chi connectivity index (χ2n) is 3.74. The minimum atomic E-state index is -0.241. The molecule has 0 spiro atoms. The van der Waals surface area contributed by atoms with Crippen LogP contribution in [0.4, 0.5) is 0 Å². The number of rotatable bonds is 6. The fourth-order valence-corrected chi connectivity index (χ4v) is 1.36. The minimum Gasteiger partial charge on any atom is -0.508 e. The van der Waals surface area contributed by atoms with Gasteiger partial charge in [-0.25, -0.2) is 0 Å². The number of ether oxygens (including phenoxy) is 1. The Morgan fingerprint density at radius 2 is 2.12 bits per heavy atom. The molecular weight excluding hydrogens is 220 g/mol. The molecule has 0 bridgehead atoms. The van der Waals surface area contributed by atoms with Crippen molar-refractivity contribution in [2.24, 2.45) is 5.73 Å². The number of methoxy groups -OCH3 is 1. The Labute approximate surface area is 101 Å². The van der Waals surface area contributed by atoms with E-state index in [2.05, 4.69) is 5.32 Å². The molecule has 94 valence electrons. The van der Waals surface area contributed by atoms with Crippen LogP contribution in [0.15, 0.2) is 24.3 Å². The molecule has 0 radical (unpaired) electrons. The van der Waals surface area contributed by atoms with E-state index in [1.54, 1.807) is 24.3 Å². The predicted molar refractivity (Wildman–Crippen MR) is 64.4 cm³/mol. The van der Waals surface area contributed by atoms with E-state index >= 15 is 0 Å². The molecule has 1 atom stereocenters. The number of hydrogen-bond donors (Lipinski definition) is 3. The highest BCUT2D eigenvalue weighted by molar-refractivity contribution is 5.76. The number of carbonyl (C=O) groups is 1. The van der Waals surface area contributed by atoms with E-state index in [0.29, 0.717) is 13.1 Å². The molecular formula is C12H18N2O3. The van der Waals surface area contributed by atoms with Gasteiger partial charge in [0.2, 0.25) is 5.91 Å². The van der Waals surface area contributed by atoms with Crippen LogP contribution in [0.3, 0.4) is 0 Å². The molecule has 1 aromatic rings. The SMILES string of the molecule is COC(CN)CC(=O)NCc1ccc(O)cc1. The monoisotopic (exact) mass is 238 g/mol. The third-order valence-corrected chi connectivity index (χ3v) is 2.44. The maximum atomic E-state index is 11.5. The lowest BCUT2D eigenvalue weighted by molar-refractivity contribution is -0.123. The van der Waals surface area contributed by atoms with Crippen LogP contribution in [0.1, 0.15) is 12.0 Å². The van der Waals surface area contributed by atoms with Gasteiger partial charge in [0.25, 0.3) is 0 Å². The van der Waals surface area contributed by atoms with Crippen LogP contribution in [0.5, 0.6) is 5.75 Å². The lowest BCUT2D eigenvalue weighted by Crippen LogP contribution is -2.31. The molecule has 0 aliphatic carbocycles. The van der Waals surface area contributed by atoms with Crippen molar-refractivity contribution < 1.29 is 14.6 Å². The van der Waals surface area contributed by atoms with E-state index in [1.807, 2.05) is 0 Å². The van der Waals surface area contributed by atoms with Crippen molar-refractivity contribution in [3.05, 3.63) is 29.8 Å². The summed E-state index contributed by atoms with van der Waals surface area (Å²) < 4.78 is 5.02. The molecule has 5 nitrogen and oxygen atoms in total. The van der Waals surface area contributed by atoms with Gasteiger partial charge in [0.15, 0.2) is 0 Å². The van der Waals surface area contributed by atoms with E-state index in [0.717, 1.165) is 5.56 Å². The molecule has 0 heterocycles. The molecule has 0 aliphatic rings. The summed E-state index contributed by atoms with van der Waals surface area (Å²) in [5.74, 6) is 0.109. The summed E-state index contributed by atoms with van der Waals surface area (Å²) in [6.07, 6.45) is 0.0141. The second kappa shape index (κ2) is 6.88. The molecule has 0 aliphatic heterocycles. The normalized spacial score (nSPS) is 12.1. The number of nitrogens with one attached hydrogen (secondary N) is 1. The Bertz CT molecular complexity index is 347. The summed E-state index contributed by atoms with van der Waals surface area (Å²) in [4.78, 5) is 11.5. The molecule has 1 aromatic carbocycles. The van der Waals surface area contributed by atoms with Gasteiger partial charge in [-0.05, 0) is 17.7 Å². The van der Waals surface area contributed by atoms with Crippen LogP contribution in [0.2, 0.25) is 0 Å². The van der Waals surface area contributed by atoms with E-state index in [4.69, 9.17) is 15.6 Å². The Hall–Kier alpha value is -1.59. The van der Waals surface area contributed by atoms with Gasteiger partial charge in [0.05, 0.1) is 12.5 Å². The Kier molecular flexibility index (Phi) is 5.45. The zero-order chi connectivity index (χ0) is 12.7. The Morgan fingerprint density at radius 1 is 1.47 bits per heavy atom. The molecule has 17 heavy (non-hydrogen) atoms. The van der Waals surface area contributed by atoms with Crippen LogP contribution in [-0.2, 0) is 16.1 Å². The van der Waals surface area contributed by atoms with E-state index in [1.165, 1.54) is 7.11 Å². The molecule has 5 heteroatoms. The summed E-state index contributed by atoms with van der Waals surface area (Å²) in [6.45, 7) is 0.753. The minimum absolute atomic E-state index is 0.102. The van der Waals surface area contributed by atoms with E-state index in [-0.39, 0.29) is 24.2 Å². The van der Waals surface area contributed by atoms with Gasteiger partial charge in [0.1, 0.15) is 5.75 Å². The first-order valence-electron chi connectivity index (χ1n) is 5.43. The summed E-state index contributed by atoms with van der Waals surface area (Å²) in [7, 11) is 1.53. The first kappa shape index (κ1) is 13.5. The number of amides is 1. The number of benzene rings is 1. The second-order valence-corrected chi connectivity index (χ2v) is 3.74. The third kappa shape index (κ3) is 4.84. The summed E-state index contributed by atoms with van der Waals surface area (Å²) in [5.41, 5.74) is 6.35. The van der Waals surface area contributed by atoms with Gasteiger partial charge in [-0.3, -0.25) is 4.79 Å². The zero-order valence-electron chi connectivity index (χ0n) is 9.85. The van der Waals surface area contributed by atoms with Crippen LogP contribution in [0, 0.1) is 0 Å². The topological polar surface area (TPSA) is 84.6 Å². The summed E-state index contributed by atoms with van der Waals surface area (Å²) in [5, 5.41) is 11.9. The fourth-order valence-electron chi connectivity index (χ4n) is 1.36. The van der Waals surface area contributed by atoms with Gasteiger partial charge in [0, 0.05) is 20.2 Å². The van der Waals surface area contributed by atoms with Crippen molar-refractivity contribution in [1.82, 2.24) is 5.32 Å². The largest absolute Gasteiger partial charge is 0.508 e. The lowest BCUT2D eigenvalue weighted by Gasteiger charge is -2.12. The van der Waals surface area contributed by atoms with E-state index in [9.17, 15) is 4.79 Å². The molecule has 0 saturated carbocycles. The van der Waals surface area contributed by atoms with Crippen molar-refractivity contribution in [2.75, 3.05) is 13.7 Å². The van der Waals surface area contributed by atoms with Gasteiger partial charge >= 0.3 is 0 Å². The van der Waals surface area contributed by atoms with Gasteiger partial charge < -0.3 is 20.9 Å². The number of phenols is 1. The highest BCUT2D eigenvalue weighted by Gasteiger charge is 2.10. The highest BCUT2D eigenvalue weighted by atomic mass is 16.5. The lowest BCUT2D eigenvalue weighted by atomic mass is 10.2. The number of carbonyl (C=O) groups excluding carboxylic acids is 1. The van der Waals surface area contributed by atoms with Crippen molar-refractivity contribution in [2.45, 2.75) is 19.1 Å². The molecule has 1 rings (SSSR count).